The van der Waals surface area contributed by atoms with Crippen molar-refractivity contribution in [1.82, 2.24) is 10.2 Å². The van der Waals surface area contributed by atoms with Crippen LogP contribution in [0.2, 0.25) is 0 Å². The summed E-state index contributed by atoms with van der Waals surface area (Å²) in [6.07, 6.45) is 0. The van der Waals surface area contributed by atoms with Gasteiger partial charge in [0.15, 0.2) is 12.3 Å². The molecule has 0 aliphatic heterocycles. The zero-order valence-electron chi connectivity index (χ0n) is 14.1. The largest absolute Gasteiger partial charge is 0.451 e. The number of aromatic amines is 1. The van der Waals surface area contributed by atoms with E-state index in [1.54, 1.807) is 6.07 Å². The van der Waals surface area contributed by atoms with Crippen molar-refractivity contribution in [3.8, 4) is 0 Å². The highest BCUT2D eigenvalue weighted by molar-refractivity contribution is 6.03. The Morgan fingerprint density at radius 2 is 1.84 bits per heavy atom. The molecular formula is C19H19N3O3. The highest BCUT2D eigenvalue weighted by Gasteiger charge is 2.16. The predicted octanol–water partition coefficient (Wildman–Crippen LogP) is 3.48. The third-order valence-electron chi connectivity index (χ3n) is 3.86. The summed E-state index contributed by atoms with van der Waals surface area (Å²) in [5, 5.41) is 10.1. The summed E-state index contributed by atoms with van der Waals surface area (Å²) in [5.41, 5.74) is 2.76. The van der Waals surface area contributed by atoms with E-state index in [0.717, 1.165) is 5.52 Å². The SMILES string of the molecule is CC(C)c1ccc(NC(=O)COC(=O)c2n[nH]c3ccccc23)cc1. The average molecular weight is 337 g/mol. The molecule has 0 aliphatic carbocycles. The van der Waals surface area contributed by atoms with Crippen LogP contribution in [0.5, 0.6) is 0 Å². The lowest BCUT2D eigenvalue weighted by molar-refractivity contribution is -0.119. The average Bonchev–Trinajstić information content (AvgIpc) is 3.04. The van der Waals surface area contributed by atoms with E-state index < -0.39 is 11.9 Å². The van der Waals surface area contributed by atoms with Crippen molar-refractivity contribution in [2.75, 3.05) is 11.9 Å². The van der Waals surface area contributed by atoms with Crippen molar-refractivity contribution in [3.05, 3.63) is 59.8 Å². The molecule has 2 aromatic carbocycles. The summed E-state index contributed by atoms with van der Waals surface area (Å²) >= 11 is 0. The number of rotatable bonds is 5. The number of aromatic nitrogens is 2. The topological polar surface area (TPSA) is 84.1 Å². The van der Waals surface area contributed by atoms with Crippen molar-refractivity contribution in [1.29, 1.82) is 0 Å². The van der Waals surface area contributed by atoms with Gasteiger partial charge in [-0.15, -0.1) is 0 Å². The van der Waals surface area contributed by atoms with Gasteiger partial charge in [0.1, 0.15) is 0 Å². The molecular weight excluding hydrogens is 318 g/mol. The molecule has 1 aromatic heterocycles. The molecule has 1 heterocycles. The number of hydrogen-bond acceptors (Lipinski definition) is 4. The lowest BCUT2D eigenvalue weighted by Crippen LogP contribution is -2.21. The van der Waals surface area contributed by atoms with E-state index in [2.05, 4.69) is 29.4 Å². The first-order valence-electron chi connectivity index (χ1n) is 8.04. The van der Waals surface area contributed by atoms with Crippen molar-refractivity contribution in [3.63, 3.8) is 0 Å². The van der Waals surface area contributed by atoms with Crippen molar-refractivity contribution in [2.24, 2.45) is 0 Å². The summed E-state index contributed by atoms with van der Waals surface area (Å²) < 4.78 is 5.06. The van der Waals surface area contributed by atoms with Crippen LogP contribution in [0.25, 0.3) is 10.9 Å². The minimum atomic E-state index is -0.636. The molecule has 0 fully saturated rings. The first-order valence-corrected chi connectivity index (χ1v) is 8.04. The Balaban J connectivity index is 1.57. The van der Waals surface area contributed by atoms with Gasteiger partial charge in [0.25, 0.3) is 5.91 Å². The highest BCUT2D eigenvalue weighted by atomic mass is 16.5. The van der Waals surface area contributed by atoms with Crippen LogP contribution in [0.4, 0.5) is 5.69 Å². The van der Waals surface area contributed by atoms with Crippen LogP contribution in [-0.4, -0.2) is 28.7 Å². The molecule has 25 heavy (non-hydrogen) atoms. The van der Waals surface area contributed by atoms with Crippen LogP contribution in [-0.2, 0) is 9.53 Å². The highest BCUT2D eigenvalue weighted by Crippen LogP contribution is 2.18. The lowest BCUT2D eigenvalue weighted by atomic mass is 10.0. The number of nitrogens with zero attached hydrogens (tertiary/aromatic N) is 1. The molecule has 0 spiro atoms. The number of carbonyl (C=O) groups excluding carboxylic acids is 2. The van der Waals surface area contributed by atoms with Gasteiger partial charge >= 0.3 is 5.97 Å². The second-order valence-electron chi connectivity index (χ2n) is 6.02. The number of benzene rings is 2. The Morgan fingerprint density at radius 3 is 2.56 bits per heavy atom. The minimum absolute atomic E-state index is 0.171. The van der Waals surface area contributed by atoms with Gasteiger partial charge in [-0.2, -0.15) is 5.10 Å². The van der Waals surface area contributed by atoms with Gasteiger partial charge in [-0.1, -0.05) is 44.2 Å². The van der Waals surface area contributed by atoms with Crippen molar-refractivity contribution < 1.29 is 14.3 Å². The molecule has 0 aliphatic rings. The fourth-order valence-corrected chi connectivity index (χ4v) is 2.47. The van der Waals surface area contributed by atoms with Crippen LogP contribution >= 0.6 is 0 Å². The molecule has 1 amide bonds. The fraction of sp³-hybridized carbons (Fsp3) is 0.211. The Bertz CT molecular complexity index is 898. The minimum Gasteiger partial charge on any atom is -0.451 e. The summed E-state index contributed by atoms with van der Waals surface area (Å²) in [5.74, 6) is -0.609. The Hall–Kier alpha value is -3.15. The number of fused-ring (bicyclic) bond motifs is 1. The molecule has 6 nitrogen and oxygen atoms in total. The Morgan fingerprint density at radius 1 is 1.12 bits per heavy atom. The van der Waals surface area contributed by atoms with E-state index in [1.807, 2.05) is 42.5 Å². The van der Waals surface area contributed by atoms with E-state index in [9.17, 15) is 9.59 Å². The number of ether oxygens (including phenoxy) is 1. The molecule has 3 aromatic rings. The summed E-state index contributed by atoms with van der Waals surface area (Å²) in [4.78, 5) is 24.1. The Kier molecular flexibility index (Phi) is 4.79. The lowest BCUT2D eigenvalue weighted by Gasteiger charge is -2.08. The maximum absolute atomic E-state index is 12.1. The van der Waals surface area contributed by atoms with Gasteiger partial charge in [-0.3, -0.25) is 9.89 Å². The number of nitrogens with one attached hydrogen (secondary N) is 2. The second kappa shape index (κ2) is 7.17. The molecule has 3 rings (SSSR count). The molecule has 0 saturated heterocycles. The van der Waals surface area contributed by atoms with Crippen LogP contribution in [0, 0.1) is 0 Å². The normalized spacial score (nSPS) is 10.8. The van der Waals surface area contributed by atoms with Gasteiger partial charge in [-0.25, -0.2) is 4.79 Å². The Labute approximate surface area is 145 Å². The molecule has 6 heteroatoms. The first kappa shape index (κ1) is 16.7. The van der Waals surface area contributed by atoms with Gasteiger partial charge < -0.3 is 10.1 Å². The van der Waals surface area contributed by atoms with Crippen LogP contribution in [0.3, 0.4) is 0 Å². The zero-order chi connectivity index (χ0) is 17.8. The number of carbonyl (C=O) groups is 2. The van der Waals surface area contributed by atoms with Crippen molar-refractivity contribution >= 4 is 28.5 Å². The monoisotopic (exact) mass is 337 g/mol. The van der Waals surface area contributed by atoms with E-state index in [4.69, 9.17) is 4.74 Å². The molecule has 2 N–H and O–H groups in total. The van der Waals surface area contributed by atoms with E-state index in [0.29, 0.717) is 17.0 Å². The number of para-hydroxylation sites is 1. The molecule has 0 atom stereocenters. The van der Waals surface area contributed by atoms with Gasteiger partial charge in [-0.05, 0) is 29.7 Å². The number of esters is 1. The van der Waals surface area contributed by atoms with Gasteiger partial charge in [0.2, 0.25) is 0 Å². The van der Waals surface area contributed by atoms with E-state index >= 15 is 0 Å². The second-order valence-corrected chi connectivity index (χ2v) is 6.02. The van der Waals surface area contributed by atoms with Crippen LogP contribution < -0.4 is 5.32 Å². The molecule has 0 radical (unpaired) electrons. The van der Waals surface area contributed by atoms with E-state index in [1.165, 1.54) is 5.56 Å². The summed E-state index contributed by atoms with van der Waals surface area (Å²) in [6, 6.07) is 14.8. The maximum Gasteiger partial charge on any atom is 0.359 e. The first-order chi connectivity index (χ1) is 12.0. The number of anilines is 1. The van der Waals surface area contributed by atoms with Gasteiger partial charge in [0, 0.05) is 11.1 Å². The van der Waals surface area contributed by atoms with Crippen molar-refractivity contribution in [2.45, 2.75) is 19.8 Å². The van der Waals surface area contributed by atoms with Gasteiger partial charge in [0.05, 0.1) is 5.52 Å². The summed E-state index contributed by atoms with van der Waals surface area (Å²) in [6.45, 7) is 3.84. The number of hydrogen-bond donors (Lipinski definition) is 2. The van der Waals surface area contributed by atoms with Crippen LogP contribution in [0.1, 0.15) is 35.8 Å². The molecule has 0 unspecified atom stereocenters. The fourth-order valence-electron chi connectivity index (χ4n) is 2.47. The summed E-state index contributed by atoms with van der Waals surface area (Å²) in [7, 11) is 0. The van der Waals surface area contributed by atoms with Crippen LogP contribution in [0.15, 0.2) is 48.5 Å². The number of H-pyrrole nitrogens is 1. The standard InChI is InChI=1S/C19H19N3O3/c1-12(2)13-7-9-14(10-8-13)20-17(23)11-25-19(24)18-15-5-3-4-6-16(15)21-22-18/h3-10,12H,11H2,1-2H3,(H,20,23)(H,21,22). The van der Waals surface area contributed by atoms with E-state index in [-0.39, 0.29) is 12.3 Å². The number of amides is 1. The quantitative estimate of drug-likeness (QED) is 0.698. The third-order valence-corrected chi connectivity index (χ3v) is 3.86. The molecule has 0 saturated carbocycles. The molecule has 0 bridgehead atoms. The maximum atomic E-state index is 12.1. The predicted molar refractivity (Wildman–Crippen MR) is 95.5 cm³/mol. The third kappa shape index (κ3) is 3.85. The smallest absolute Gasteiger partial charge is 0.359 e. The zero-order valence-corrected chi connectivity index (χ0v) is 14.1. The molecule has 128 valence electrons.